The molecule has 0 saturated carbocycles. The van der Waals surface area contributed by atoms with Gasteiger partial charge in [-0.3, -0.25) is 4.79 Å². The number of carbonyl (C=O) groups is 1. The largest absolute Gasteiger partial charge is 0.429 e. The van der Waals surface area contributed by atoms with Crippen LogP contribution in [0.15, 0.2) is 63.4 Å². The second-order valence-electron chi connectivity index (χ2n) is 5.78. The van der Waals surface area contributed by atoms with Crippen LogP contribution in [-0.4, -0.2) is 10.9 Å². The summed E-state index contributed by atoms with van der Waals surface area (Å²) >= 11 is 0. The Kier molecular flexibility index (Phi) is 4.13. The summed E-state index contributed by atoms with van der Waals surface area (Å²) in [4.78, 5) is 16.0. The van der Waals surface area contributed by atoms with Crippen LogP contribution in [0.3, 0.4) is 0 Å². The molecule has 0 aliphatic carbocycles. The molecule has 1 amide bonds. The van der Waals surface area contributed by atoms with E-state index >= 15 is 0 Å². The third kappa shape index (κ3) is 3.54. The number of benzene rings is 1. The van der Waals surface area contributed by atoms with Crippen molar-refractivity contribution in [2.24, 2.45) is 0 Å². The Morgan fingerprint density at radius 1 is 1.04 bits per heavy atom. The fraction of sp³-hybridized carbons (Fsp3) is 0.0526. The standard InChI is InChI=1S/C19H16N4O4/c20-15-7-6-13(18(21)23-15)19(24)22-10-12-5-8-16(25-12)27-17-9-11-3-1-2-4-14(11)26-17/h1-9H,10H2,(H,22,24)(H4,20,21,23). The van der Waals surface area contributed by atoms with Gasteiger partial charge in [-0.2, -0.15) is 0 Å². The number of nitrogens with zero attached hydrogens (tertiary/aromatic N) is 1. The maximum Gasteiger partial charge on any atom is 0.293 e. The number of fused-ring (bicyclic) bond motifs is 1. The van der Waals surface area contributed by atoms with E-state index in [1.54, 1.807) is 18.2 Å². The van der Waals surface area contributed by atoms with Crippen LogP contribution in [0.5, 0.6) is 11.9 Å². The number of rotatable bonds is 5. The van der Waals surface area contributed by atoms with Gasteiger partial charge >= 0.3 is 0 Å². The van der Waals surface area contributed by atoms with E-state index in [9.17, 15) is 4.79 Å². The lowest BCUT2D eigenvalue weighted by atomic mass is 10.2. The lowest BCUT2D eigenvalue weighted by molar-refractivity contribution is 0.0948. The van der Waals surface area contributed by atoms with Gasteiger partial charge < -0.3 is 30.4 Å². The third-order valence-electron chi connectivity index (χ3n) is 3.86. The number of furan rings is 2. The first-order valence-electron chi connectivity index (χ1n) is 8.14. The summed E-state index contributed by atoms with van der Waals surface area (Å²) in [6.07, 6.45) is 0. The Balaban J connectivity index is 1.39. The van der Waals surface area contributed by atoms with Crippen LogP contribution < -0.4 is 21.5 Å². The molecule has 0 bridgehead atoms. The summed E-state index contributed by atoms with van der Waals surface area (Å²) in [6.45, 7) is 0.159. The van der Waals surface area contributed by atoms with Gasteiger partial charge in [0.25, 0.3) is 17.8 Å². The number of hydrogen-bond acceptors (Lipinski definition) is 7. The fourth-order valence-electron chi connectivity index (χ4n) is 2.56. The van der Waals surface area contributed by atoms with Crippen molar-refractivity contribution in [3.05, 3.63) is 65.9 Å². The highest BCUT2D eigenvalue weighted by atomic mass is 16.6. The van der Waals surface area contributed by atoms with E-state index in [1.807, 2.05) is 24.3 Å². The molecule has 0 spiro atoms. The number of nitrogens with two attached hydrogens (primary N) is 2. The van der Waals surface area contributed by atoms with E-state index in [0.29, 0.717) is 11.7 Å². The zero-order valence-electron chi connectivity index (χ0n) is 14.1. The Labute approximate surface area is 153 Å². The smallest absolute Gasteiger partial charge is 0.293 e. The van der Waals surface area contributed by atoms with Crippen LogP contribution in [0.4, 0.5) is 11.6 Å². The monoisotopic (exact) mass is 364 g/mol. The summed E-state index contributed by atoms with van der Waals surface area (Å²) in [6, 6.07) is 15.7. The Morgan fingerprint density at radius 3 is 2.70 bits per heavy atom. The second kappa shape index (κ2) is 6.75. The van der Waals surface area contributed by atoms with Crippen molar-refractivity contribution in [3.63, 3.8) is 0 Å². The number of hydrogen-bond donors (Lipinski definition) is 3. The number of carbonyl (C=O) groups excluding carboxylic acids is 1. The molecular weight excluding hydrogens is 348 g/mol. The minimum Gasteiger partial charge on any atom is -0.429 e. The molecule has 1 aromatic carbocycles. The molecule has 0 saturated heterocycles. The zero-order valence-corrected chi connectivity index (χ0v) is 14.1. The van der Waals surface area contributed by atoms with Crippen LogP contribution in [-0.2, 0) is 6.54 Å². The summed E-state index contributed by atoms with van der Waals surface area (Å²) in [5, 5.41) is 3.63. The van der Waals surface area contributed by atoms with Crippen molar-refractivity contribution in [2.45, 2.75) is 6.54 Å². The van der Waals surface area contributed by atoms with Crippen LogP contribution in [0.2, 0.25) is 0 Å². The molecule has 3 aromatic heterocycles. The fourth-order valence-corrected chi connectivity index (χ4v) is 2.56. The first-order valence-corrected chi connectivity index (χ1v) is 8.14. The van der Waals surface area contributed by atoms with Gasteiger partial charge in [0.2, 0.25) is 0 Å². The van der Waals surface area contributed by atoms with E-state index in [2.05, 4.69) is 10.3 Å². The molecule has 0 atom stereocenters. The maximum atomic E-state index is 12.2. The van der Waals surface area contributed by atoms with Crippen LogP contribution in [0.25, 0.3) is 11.0 Å². The minimum atomic E-state index is -0.379. The number of ether oxygens (including phenoxy) is 1. The second-order valence-corrected chi connectivity index (χ2v) is 5.78. The van der Waals surface area contributed by atoms with E-state index in [4.69, 9.17) is 25.0 Å². The summed E-state index contributed by atoms with van der Waals surface area (Å²) in [7, 11) is 0. The number of anilines is 2. The lowest BCUT2D eigenvalue weighted by Crippen LogP contribution is -2.24. The molecule has 5 N–H and O–H groups in total. The van der Waals surface area contributed by atoms with Gasteiger partial charge in [-0.15, -0.1) is 0 Å². The number of amides is 1. The van der Waals surface area contributed by atoms with Gasteiger partial charge in [-0.1, -0.05) is 18.2 Å². The van der Waals surface area contributed by atoms with E-state index < -0.39 is 0 Å². The number of nitrogen functional groups attached to an aromatic ring is 2. The van der Waals surface area contributed by atoms with Crippen molar-refractivity contribution in [2.75, 3.05) is 11.5 Å². The van der Waals surface area contributed by atoms with Crippen molar-refractivity contribution < 1.29 is 18.4 Å². The third-order valence-corrected chi connectivity index (χ3v) is 3.86. The van der Waals surface area contributed by atoms with E-state index in [-0.39, 0.29) is 35.6 Å². The minimum absolute atomic E-state index is 0.0702. The molecule has 3 heterocycles. The summed E-state index contributed by atoms with van der Waals surface area (Å²) in [5.41, 5.74) is 12.2. The van der Waals surface area contributed by atoms with Gasteiger partial charge in [0, 0.05) is 17.5 Å². The maximum absolute atomic E-state index is 12.2. The van der Waals surface area contributed by atoms with E-state index in [1.165, 1.54) is 12.1 Å². The van der Waals surface area contributed by atoms with Crippen LogP contribution >= 0.6 is 0 Å². The first kappa shape index (κ1) is 16.5. The number of aromatic nitrogens is 1. The number of pyridine rings is 1. The predicted molar refractivity (Wildman–Crippen MR) is 99.2 cm³/mol. The molecule has 27 heavy (non-hydrogen) atoms. The zero-order chi connectivity index (χ0) is 18.8. The molecular formula is C19H16N4O4. The molecule has 8 nitrogen and oxygen atoms in total. The molecule has 0 fully saturated rings. The molecule has 136 valence electrons. The van der Waals surface area contributed by atoms with Crippen molar-refractivity contribution in [3.8, 4) is 11.9 Å². The average Bonchev–Trinajstić information content (AvgIpc) is 3.26. The number of nitrogens with one attached hydrogen (secondary N) is 1. The van der Waals surface area contributed by atoms with Gasteiger partial charge in [0.15, 0.2) is 0 Å². The van der Waals surface area contributed by atoms with Gasteiger partial charge in [0.05, 0.1) is 12.1 Å². The summed E-state index contributed by atoms with van der Waals surface area (Å²) < 4.78 is 16.7. The molecule has 0 aliphatic rings. The van der Waals surface area contributed by atoms with Gasteiger partial charge in [0.1, 0.15) is 23.0 Å². The highest BCUT2D eigenvalue weighted by Crippen LogP contribution is 2.29. The number of para-hydroxylation sites is 1. The van der Waals surface area contributed by atoms with Crippen molar-refractivity contribution in [1.29, 1.82) is 0 Å². The molecule has 4 aromatic rings. The van der Waals surface area contributed by atoms with E-state index in [0.717, 1.165) is 11.0 Å². The van der Waals surface area contributed by atoms with Gasteiger partial charge in [-0.25, -0.2) is 4.98 Å². The molecule has 0 unspecified atom stereocenters. The quantitative estimate of drug-likeness (QED) is 0.495. The van der Waals surface area contributed by atoms with Crippen molar-refractivity contribution >= 4 is 28.5 Å². The molecule has 0 radical (unpaired) electrons. The SMILES string of the molecule is Nc1ccc(C(=O)NCc2ccc(Oc3cc4ccccc4o3)o2)c(N)n1. The highest BCUT2D eigenvalue weighted by molar-refractivity contribution is 5.98. The van der Waals surface area contributed by atoms with Crippen LogP contribution in [0, 0.1) is 0 Å². The highest BCUT2D eigenvalue weighted by Gasteiger charge is 2.13. The molecule has 0 aliphatic heterocycles. The normalized spacial score (nSPS) is 10.8. The lowest BCUT2D eigenvalue weighted by Gasteiger charge is -2.06. The molecule has 4 rings (SSSR count). The Hall–Kier alpha value is -3.94. The Morgan fingerprint density at radius 2 is 1.89 bits per heavy atom. The van der Waals surface area contributed by atoms with Crippen molar-refractivity contribution in [1.82, 2.24) is 10.3 Å². The Bertz CT molecular complexity index is 1080. The first-order chi connectivity index (χ1) is 13.1. The van der Waals surface area contributed by atoms with Crippen LogP contribution in [0.1, 0.15) is 16.1 Å². The van der Waals surface area contributed by atoms with Gasteiger partial charge in [-0.05, 0) is 24.3 Å². The summed E-state index contributed by atoms with van der Waals surface area (Å²) in [5.74, 6) is 1.03. The predicted octanol–water partition coefficient (Wildman–Crippen LogP) is 3.31. The average molecular weight is 364 g/mol. The molecule has 8 heteroatoms. The topological polar surface area (TPSA) is 130 Å².